The number of nitrogens with one attached hydrogen (secondary N) is 1. The van der Waals surface area contributed by atoms with E-state index in [1.165, 1.54) is 5.57 Å². The SMILES string of the molecule is C[C@]12CC[C@@H]3[C@H](CCC4=CC(=NOCC(=O)N[C@H](CC(N)=O)C(=O)O)CC[C@@]43C)[C@H]1CC[C@@H]2O. The second kappa shape index (κ2) is 9.32. The third kappa shape index (κ3) is 4.46. The Bertz CT molecular complexity index is 916. The molecule has 9 heteroatoms. The van der Waals surface area contributed by atoms with Crippen molar-refractivity contribution >= 4 is 23.5 Å². The molecule has 0 radical (unpaired) electrons. The molecule has 188 valence electrons. The second-order valence-electron chi connectivity index (χ2n) is 11.1. The highest BCUT2D eigenvalue weighted by atomic mass is 16.6. The van der Waals surface area contributed by atoms with E-state index in [4.69, 9.17) is 15.7 Å². The highest BCUT2D eigenvalue weighted by molar-refractivity contribution is 5.96. The first-order chi connectivity index (χ1) is 16.0. The highest BCUT2D eigenvalue weighted by Crippen LogP contribution is 2.65. The van der Waals surface area contributed by atoms with Gasteiger partial charge in [-0.2, -0.15) is 0 Å². The lowest BCUT2D eigenvalue weighted by atomic mass is 9.47. The van der Waals surface area contributed by atoms with Gasteiger partial charge in [-0.3, -0.25) is 9.59 Å². The zero-order valence-corrected chi connectivity index (χ0v) is 20.1. The van der Waals surface area contributed by atoms with Gasteiger partial charge in [0.25, 0.3) is 5.91 Å². The second-order valence-corrected chi connectivity index (χ2v) is 11.1. The number of carbonyl (C=O) groups excluding carboxylic acids is 2. The summed E-state index contributed by atoms with van der Waals surface area (Å²) < 4.78 is 0. The molecule has 0 aromatic heterocycles. The number of carboxylic acids is 1. The molecular formula is C25H37N3O6. The Morgan fingerprint density at radius 3 is 2.65 bits per heavy atom. The van der Waals surface area contributed by atoms with Crippen LogP contribution in [0.5, 0.6) is 0 Å². The van der Waals surface area contributed by atoms with Gasteiger partial charge >= 0.3 is 5.97 Å². The first kappa shape index (κ1) is 24.7. The van der Waals surface area contributed by atoms with Crippen LogP contribution >= 0.6 is 0 Å². The molecule has 0 spiro atoms. The van der Waals surface area contributed by atoms with Gasteiger partial charge < -0.3 is 26.1 Å². The highest BCUT2D eigenvalue weighted by Gasteiger charge is 2.58. The largest absolute Gasteiger partial charge is 0.480 e. The first-order valence-corrected chi connectivity index (χ1v) is 12.4. The smallest absolute Gasteiger partial charge is 0.326 e. The summed E-state index contributed by atoms with van der Waals surface area (Å²) in [4.78, 5) is 39.3. The van der Waals surface area contributed by atoms with E-state index in [0.29, 0.717) is 17.8 Å². The van der Waals surface area contributed by atoms with Gasteiger partial charge in [0, 0.05) is 0 Å². The van der Waals surface area contributed by atoms with Gasteiger partial charge in [0.05, 0.1) is 18.2 Å². The molecule has 0 aliphatic heterocycles. The minimum atomic E-state index is -1.38. The molecule has 0 heterocycles. The van der Waals surface area contributed by atoms with Crippen molar-refractivity contribution in [1.82, 2.24) is 5.32 Å². The fourth-order valence-corrected chi connectivity index (χ4v) is 7.43. The molecule has 4 aliphatic carbocycles. The van der Waals surface area contributed by atoms with Crippen molar-refractivity contribution in [1.29, 1.82) is 0 Å². The number of carbonyl (C=O) groups is 3. The van der Waals surface area contributed by atoms with Gasteiger partial charge in [-0.05, 0) is 86.0 Å². The minimum absolute atomic E-state index is 0.0749. The zero-order chi connectivity index (χ0) is 24.7. The number of rotatable bonds is 7. The summed E-state index contributed by atoms with van der Waals surface area (Å²) in [5.41, 5.74) is 7.43. The quantitative estimate of drug-likeness (QED) is 0.414. The maximum absolute atomic E-state index is 12.0. The fraction of sp³-hybridized carbons (Fsp3) is 0.760. The molecule has 0 aromatic rings. The molecule has 5 N–H and O–H groups in total. The van der Waals surface area contributed by atoms with E-state index in [1.54, 1.807) is 0 Å². The summed E-state index contributed by atoms with van der Waals surface area (Å²) in [5, 5.41) is 26.1. The van der Waals surface area contributed by atoms with Crippen molar-refractivity contribution < 1.29 is 29.4 Å². The number of primary amides is 1. The number of aliphatic hydroxyl groups is 1. The molecule has 3 saturated carbocycles. The van der Waals surface area contributed by atoms with Gasteiger partial charge in [0.15, 0.2) is 6.61 Å². The van der Waals surface area contributed by atoms with E-state index in [1.807, 2.05) is 0 Å². The third-order valence-corrected chi connectivity index (χ3v) is 9.34. The summed E-state index contributed by atoms with van der Waals surface area (Å²) >= 11 is 0. The normalized spacial score (nSPS) is 38.7. The predicted octanol–water partition coefficient (Wildman–Crippen LogP) is 2.13. The Labute approximate surface area is 200 Å². The van der Waals surface area contributed by atoms with Crippen LogP contribution in [0.4, 0.5) is 0 Å². The van der Waals surface area contributed by atoms with Crippen LogP contribution in [0, 0.1) is 28.6 Å². The molecule has 2 amide bonds. The van der Waals surface area contributed by atoms with Crippen molar-refractivity contribution in [2.45, 2.75) is 83.8 Å². The molecular weight excluding hydrogens is 438 g/mol. The standard InChI is InChI=1S/C25H37N3O6/c1-24-9-7-15(28-34-13-22(31)27-19(23(32)33)12-21(26)30)11-14(24)3-4-16-17-5-6-20(29)25(17,2)10-8-18(16)24/h11,16-20,29H,3-10,12-13H2,1-2H3,(H2,26,30)(H,27,31)(H,32,33)/t16-,17-,18-,19-,20+,24+,25+/m1/s1. The number of amides is 2. The van der Waals surface area contributed by atoms with Crippen molar-refractivity contribution in [3.8, 4) is 0 Å². The van der Waals surface area contributed by atoms with Crippen LogP contribution in [-0.2, 0) is 19.2 Å². The number of hydrogen-bond donors (Lipinski definition) is 4. The number of allylic oxidation sites excluding steroid dienone is 2. The summed E-state index contributed by atoms with van der Waals surface area (Å²) in [6.07, 6.45) is 9.71. The lowest BCUT2D eigenvalue weighted by Crippen LogP contribution is -2.51. The molecule has 0 aromatic carbocycles. The van der Waals surface area contributed by atoms with Gasteiger partial charge in [-0.15, -0.1) is 0 Å². The zero-order valence-electron chi connectivity index (χ0n) is 20.1. The van der Waals surface area contributed by atoms with E-state index < -0.39 is 36.9 Å². The molecule has 0 saturated heterocycles. The van der Waals surface area contributed by atoms with Gasteiger partial charge in [-0.1, -0.05) is 24.6 Å². The summed E-state index contributed by atoms with van der Waals surface area (Å²) in [6, 6.07) is -1.38. The topological polar surface area (TPSA) is 151 Å². The minimum Gasteiger partial charge on any atom is -0.480 e. The van der Waals surface area contributed by atoms with E-state index in [0.717, 1.165) is 57.1 Å². The van der Waals surface area contributed by atoms with Crippen molar-refractivity contribution in [2.75, 3.05) is 6.61 Å². The number of oxime groups is 1. The van der Waals surface area contributed by atoms with Crippen LogP contribution in [-0.4, -0.2) is 52.5 Å². The van der Waals surface area contributed by atoms with Crippen LogP contribution < -0.4 is 11.1 Å². The Balaban J connectivity index is 1.37. The van der Waals surface area contributed by atoms with Crippen LogP contribution in [0.2, 0.25) is 0 Å². The monoisotopic (exact) mass is 475 g/mol. The molecule has 0 bridgehead atoms. The van der Waals surface area contributed by atoms with Crippen LogP contribution in [0.1, 0.15) is 71.6 Å². The molecule has 4 rings (SSSR count). The van der Waals surface area contributed by atoms with Crippen molar-refractivity contribution in [3.05, 3.63) is 11.6 Å². The van der Waals surface area contributed by atoms with Crippen LogP contribution in [0.15, 0.2) is 16.8 Å². The van der Waals surface area contributed by atoms with Crippen molar-refractivity contribution in [2.24, 2.45) is 39.5 Å². The van der Waals surface area contributed by atoms with Crippen molar-refractivity contribution in [3.63, 3.8) is 0 Å². The Hall–Kier alpha value is -2.42. The number of aliphatic hydroxyl groups excluding tert-OH is 1. The van der Waals surface area contributed by atoms with Crippen LogP contribution in [0.3, 0.4) is 0 Å². The van der Waals surface area contributed by atoms with E-state index in [2.05, 4.69) is 30.4 Å². The number of carboxylic acid groups (broad SMARTS) is 1. The lowest BCUT2D eigenvalue weighted by Gasteiger charge is -2.57. The van der Waals surface area contributed by atoms with Gasteiger partial charge in [-0.25, -0.2) is 4.79 Å². The summed E-state index contributed by atoms with van der Waals surface area (Å²) in [7, 11) is 0. The Morgan fingerprint density at radius 2 is 1.94 bits per heavy atom. The third-order valence-electron chi connectivity index (χ3n) is 9.34. The molecule has 9 nitrogen and oxygen atoms in total. The van der Waals surface area contributed by atoms with Crippen LogP contribution in [0.25, 0.3) is 0 Å². The van der Waals surface area contributed by atoms with E-state index in [9.17, 15) is 19.5 Å². The average molecular weight is 476 g/mol. The molecule has 7 atom stereocenters. The number of fused-ring (bicyclic) bond motifs is 5. The molecule has 0 unspecified atom stereocenters. The maximum Gasteiger partial charge on any atom is 0.326 e. The van der Waals surface area contributed by atoms with Gasteiger partial charge in [0.2, 0.25) is 5.91 Å². The van der Waals surface area contributed by atoms with E-state index >= 15 is 0 Å². The summed E-state index contributed by atoms with van der Waals surface area (Å²) in [5.74, 6) is -0.911. The number of nitrogens with zero attached hydrogens (tertiary/aromatic N) is 1. The molecule has 3 fully saturated rings. The summed E-state index contributed by atoms with van der Waals surface area (Å²) in [6.45, 7) is 4.25. The molecule has 34 heavy (non-hydrogen) atoms. The number of nitrogens with two attached hydrogens (primary N) is 1. The fourth-order valence-electron chi connectivity index (χ4n) is 7.43. The number of aliphatic carboxylic acids is 1. The maximum atomic E-state index is 12.0. The lowest BCUT2D eigenvalue weighted by molar-refractivity contribution is -0.144. The average Bonchev–Trinajstić information content (AvgIpc) is 3.07. The molecule has 4 aliphatic rings. The predicted molar refractivity (Wildman–Crippen MR) is 124 cm³/mol. The first-order valence-electron chi connectivity index (χ1n) is 12.4. The van der Waals surface area contributed by atoms with E-state index in [-0.39, 0.29) is 16.9 Å². The Morgan fingerprint density at radius 1 is 1.18 bits per heavy atom. The van der Waals surface area contributed by atoms with Gasteiger partial charge in [0.1, 0.15) is 6.04 Å². The number of hydrogen-bond acceptors (Lipinski definition) is 6. The Kier molecular flexibility index (Phi) is 6.77.